The van der Waals surface area contributed by atoms with E-state index >= 15 is 0 Å². The first-order valence-electron chi connectivity index (χ1n) is 9.45. The Morgan fingerprint density at radius 2 is 1.92 bits per heavy atom. The average molecular weight is 358 g/mol. The molecule has 1 saturated heterocycles. The molecule has 5 heteroatoms. The molecule has 26 heavy (non-hydrogen) atoms. The van der Waals surface area contributed by atoms with Crippen molar-refractivity contribution < 1.29 is 0 Å². The van der Waals surface area contributed by atoms with E-state index in [0.29, 0.717) is 5.84 Å². The molecule has 1 aliphatic heterocycles. The van der Waals surface area contributed by atoms with E-state index in [-0.39, 0.29) is 5.41 Å². The van der Waals surface area contributed by atoms with Gasteiger partial charge < -0.3 is 15.2 Å². The van der Waals surface area contributed by atoms with E-state index in [0.717, 1.165) is 44.7 Å². The van der Waals surface area contributed by atoms with Crippen molar-refractivity contribution in [1.82, 2.24) is 14.4 Å². The van der Waals surface area contributed by atoms with Crippen LogP contribution in [0.15, 0.2) is 36.4 Å². The SMILES string of the molecule is C=C(N1CCCN(Cc2cn(C(=N)/C(C)=C\N)cc2C)CC1)C(C)(C)C. The molecule has 2 heterocycles. The van der Waals surface area contributed by atoms with E-state index in [9.17, 15) is 0 Å². The van der Waals surface area contributed by atoms with Gasteiger partial charge in [0.2, 0.25) is 0 Å². The molecule has 0 spiro atoms. The molecule has 144 valence electrons. The second kappa shape index (κ2) is 8.12. The first kappa shape index (κ1) is 20.3. The molecule has 1 aromatic heterocycles. The van der Waals surface area contributed by atoms with E-state index in [4.69, 9.17) is 11.1 Å². The molecule has 0 amide bonds. The lowest BCUT2D eigenvalue weighted by Gasteiger charge is -2.33. The number of nitrogens with one attached hydrogen (secondary N) is 1. The van der Waals surface area contributed by atoms with Crippen molar-refractivity contribution in [1.29, 1.82) is 5.41 Å². The van der Waals surface area contributed by atoms with Gasteiger partial charge in [0.25, 0.3) is 0 Å². The Morgan fingerprint density at radius 3 is 2.54 bits per heavy atom. The standard InChI is InChI=1S/C21H35N5/c1-16(12-22)20(23)26-13-17(2)19(15-26)14-24-8-7-9-25(11-10-24)18(3)21(4,5)6/h12-13,15,23H,3,7-11,14,22H2,1-2,4-6H3/b16-12-,23-20?. The highest BCUT2D eigenvalue weighted by Crippen LogP contribution is 2.27. The lowest BCUT2D eigenvalue weighted by atomic mass is 9.92. The summed E-state index contributed by atoms with van der Waals surface area (Å²) >= 11 is 0. The van der Waals surface area contributed by atoms with Crippen LogP contribution in [0.3, 0.4) is 0 Å². The molecule has 0 aromatic carbocycles. The van der Waals surface area contributed by atoms with Gasteiger partial charge in [-0.1, -0.05) is 27.4 Å². The number of hydrogen-bond donors (Lipinski definition) is 2. The van der Waals surface area contributed by atoms with Crippen LogP contribution in [-0.2, 0) is 6.54 Å². The zero-order valence-electron chi connectivity index (χ0n) is 17.1. The van der Waals surface area contributed by atoms with Gasteiger partial charge in [0.05, 0.1) is 0 Å². The number of rotatable bonds is 4. The molecule has 0 radical (unpaired) electrons. The van der Waals surface area contributed by atoms with Crippen LogP contribution in [0.25, 0.3) is 0 Å². The molecule has 0 atom stereocenters. The maximum Gasteiger partial charge on any atom is 0.133 e. The Morgan fingerprint density at radius 1 is 1.23 bits per heavy atom. The van der Waals surface area contributed by atoms with E-state index in [1.165, 1.54) is 23.0 Å². The van der Waals surface area contributed by atoms with Crippen molar-refractivity contribution >= 4 is 5.84 Å². The molecule has 5 nitrogen and oxygen atoms in total. The second-order valence-corrected chi connectivity index (χ2v) is 8.39. The summed E-state index contributed by atoms with van der Waals surface area (Å²) in [5.41, 5.74) is 10.2. The maximum absolute atomic E-state index is 8.22. The van der Waals surface area contributed by atoms with Crippen LogP contribution in [0.4, 0.5) is 0 Å². The van der Waals surface area contributed by atoms with Gasteiger partial charge >= 0.3 is 0 Å². The molecule has 0 aliphatic carbocycles. The summed E-state index contributed by atoms with van der Waals surface area (Å²) in [6, 6.07) is 0. The van der Waals surface area contributed by atoms with E-state index < -0.39 is 0 Å². The fourth-order valence-corrected chi connectivity index (χ4v) is 3.29. The van der Waals surface area contributed by atoms with E-state index in [1.807, 2.05) is 17.7 Å². The minimum absolute atomic E-state index is 0.123. The van der Waals surface area contributed by atoms with Crippen LogP contribution >= 0.6 is 0 Å². The Labute approximate surface area is 158 Å². The quantitative estimate of drug-likeness (QED) is 0.640. The van der Waals surface area contributed by atoms with Gasteiger partial charge in [-0.05, 0) is 31.4 Å². The monoisotopic (exact) mass is 357 g/mol. The Hall–Kier alpha value is -2.01. The maximum atomic E-state index is 8.22. The predicted octanol–water partition coefficient (Wildman–Crippen LogP) is 3.55. The van der Waals surface area contributed by atoms with Crippen LogP contribution < -0.4 is 5.73 Å². The number of aromatic nitrogens is 1. The molecule has 0 saturated carbocycles. The third kappa shape index (κ3) is 4.79. The van der Waals surface area contributed by atoms with Crippen LogP contribution in [0.1, 0.15) is 45.2 Å². The zero-order valence-corrected chi connectivity index (χ0v) is 17.1. The summed E-state index contributed by atoms with van der Waals surface area (Å²) in [6.07, 6.45) is 6.74. The molecule has 2 rings (SSSR count). The van der Waals surface area contributed by atoms with E-state index in [1.54, 1.807) is 0 Å². The van der Waals surface area contributed by atoms with Crippen molar-refractivity contribution in [3.63, 3.8) is 0 Å². The molecular formula is C21H35N5. The Balaban J connectivity index is 2.03. The smallest absolute Gasteiger partial charge is 0.133 e. The van der Waals surface area contributed by atoms with Crippen molar-refractivity contribution in [2.75, 3.05) is 26.2 Å². The molecule has 1 aromatic rings. The predicted molar refractivity (Wildman–Crippen MR) is 110 cm³/mol. The largest absolute Gasteiger partial charge is 0.404 e. The summed E-state index contributed by atoms with van der Waals surface area (Å²) in [7, 11) is 0. The van der Waals surface area contributed by atoms with Crippen LogP contribution in [0, 0.1) is 17.7 Å². The van der Waals surface area contributed by atoms with Crippen molar-refractivity contribution in [2.45, 2.75) is 47.6 Å². The fraction of sp³-hybridized carbons (Fsp3) is 0.571. The van der Waals surface area contributed by atoms with Crippen LogP contribution in [0.5, 0.6) is 0 Å². The van der Waals surface area contributed by atoms with Gasteiger partial charge in [-0.15, -0.1) is 0 Å². The molecular weight excluding hydrogens is 322 g/mol. The fourth-order valence-electron chi connectivity index (χ4n) is 3.29. The first-order valence-corrected chi connectivity index (χ1v) is 9.45. The van der Waals surface area contributed by atoms with Gasteiger partial charge in [-0.25, -0.2) is 0 Å². The Kier molecular flexibility index (Phi) is 6.34. The lowest BCUT2D eigenvalue weighted by molar-refractivity contribution is 0.251. The third-order valence-electron chi connectivity index (χ3n) is 5.25. The highest BCUT2D eigenvalue weighted by Gasteiger charge is 2.23. The molecule has 1 aliphatic rings. The average Bonchev–Trinajstić information content (AvgIpc) is 2.80. The summed E-state index contributed by atoms with van der Waals surface area (Å²) in [5, 5.41) is 8.22. The van der Waals surface area contributed by atoms with E-state index in [2.05, 4.69) is 50.3 Å². The van der Waals surface area contributed by atoms with Crippen molar-refractivity contribution in [2.24, 2.45) is 11.1 Å². The van der Waals surface area contributed by atoms with Crippen molar-refractivity contribution in [3.05, 3.63) is 47.6 Å². The number of allylic oxidation sites excluding steroid dienone is 2. The number of nitrogens with zero attached hydrogens (tertiary/aromatic N) is 3. The normalized spacial score (nSPS) is 17.3. The number of aryl methyl sites for hydroxylation is 1. The highest BCUT2D eigenvalue weighted by molar-refractivity contribution is 5.97. The molecule has 1 fully saturated rings. The number of nitrogens with two attached hydrogens (primary N) is 1. The van der Waals surface area contributed by atoms with Gasteiger partial charge in [-0.3, -0.25) is 10.3 Å². The molecule has 3 N–H and O–H groups in total. The molecule has 0 unspecified atom stereocenters. The van der Waals surface area contributed by atoms with Gasteiger partial charge in [0.1, 0.15) is 5.84 Å². The lowest BCUT2D eigenvalue weighted by Crippen LogP contribution is -2.33. The first-order chi connectivity index (χ1) is 12.1. The minimum Gasteiger partial charge on any atom is -0.404 e. The Bertz CT molecular complexity index is 690. The van der Waals surface area contributed by atoms with Crippen LogP contribution in [0.2, 0.25) is 0 Å². The molecule has 0 bridgehead atoms. The topological polar surface area (TPSA) is 61.3 Å². The second-order valence-electron chi connectivity index (χ2n) is 8.39. The highest BCUT2D eigenvalue weighted by atomic mass is 15.2. The zero-order chi connectivity index (χ0) is 19.5. The summed E-state index contributed by atoms with van der Waals surface area (Å²) in [4.78, 5) is 4.96. The van der Waals surface area contributed by atoms with Gasteiger partial charge in [-0.2, -0.15) is 0 Å². The third-order valence-corrected chi connectivity index (χ3v) is 5.25. The minimum atomic E-state index is 0.123. The van der Waals surface area contributed by atoms with Crippen molar-refractivity contribution in [3.8, 4) is 0 Å². The van der Waals surface area contributed by atoms with Gasteiger partial charge in [0, 0.05) is 68.0 Å². The summed E-state index contributed by atoms with van der Waals surface area (Å²) < 4.78 is 1.87. The summed E-state index contributed by atoms with van der Waals surface area (Å²) in [6.45, 7) is 20.2. The summed E-state index contributed by atoms with van der Waals surface area (Å²) in [5.74, 6) is 0.436. The number of hydrogen-bond acceptors (Lipinski definition) is 4. The van der Waals surface area contributed by atoms with Crippen LogP contribution in [-0.4, -0.2) is 46.4 Å². The van der Waals surface area contributed by atoms with Gasteiger partial charge in [0.15, 0.2) is 0 Å².